The molecule has 4 rings (SSSR count). The van der Waals surface area contributed by atoms with E-state index in [1.165, 1.54) is 16.4 Å². The molecule has 2 aliphatic heterocycles. The van der Waals surface area contributed by atoms with Crippen LogP contribution in [0.15, 0.2) is 47.4 Å². The molecule has 8 nitrogen and oxygen atoms in total. The summed E-state index contributed by atoms with van der Waals surface area (Å²) in [6.45, 7) is 3.10. The van der Waals surface area contributed by atoms with Gasteiger partial charge in [0.15, 0.2) is 18.0 Å². The van der Waals surface area contributed by atoms with Gasteiger partial charge in [-0.25, -0.2) is 8.42 Å². The van der Waals surface area contributed by atoms with Crippen molar-refractivity contribution < 1.29 is 27.6 Å². The Bertz CT molecular complexity index is 1020. The average Bonchev–Trinajstić information content (AvgIpc) is 2.74. The predicted octanol–water partition coefficient (Wildman–Crippen LogP) is 0.639. The average molecular weight is 453 g/mol. The van der Waals surface area contributed by atoms with Gasteiger partial charge in [-0.3, -0.25) is 4.79 Å². The molecule has 0 unspecified atom stereocenters. The summed E-state index contributed by atoms with van der Waals surface area (Å²) in [6.07, 6.45) is 0. The van der Waals surface area contributed by atoms with Gasteiger partial charge in [-0.2, -0.15) is 4.31 Å². The second kappa shape index (κ2) is 8.81. The number of anilines is 1. The zero-order valence-electron chi connectivity index (χ0n) is 16.3. The summed E-state index contributed by atoms with van der Waals surface area (Å²) >= 11 is 5.85. The summed E-state index contributed by atoms with van der Waals surface area (Å²) in [6, 6.07) is 11.5. The monoisotopic (exact) mass is 452 g/mol. The molecular weight excluding hydrogens is 430 g/mol. The Morgan fingerprint density at radius 2 is 1.70 bits per heavy atom. The number of nitrogens with zero attached hydrogens (tertiary/aromatic N) is 1. The van der Waals surface area contributed by atoms with Gasteiger partial charge in [-0.1, -0.05) is 11.6 Å². The molecule has 0 saturated carbocycles. The first-order chi connectivity index (χ1) is 14.4. The van der Waals surface area contributed by atoms with E-state index in [1.54, 1.807) is 30.3 Å². The first kappa shape index (κ1) is 20.9. The molecule has 1 amide bonds. The molecule has 0 radical (unpaired) electrons. The molecule has 10 heteroatoms. The van der Waals surface area contributed by atoms with Crippen LogP contribution in [0.1, 0.15) is 0 Å². The topological polar surface area (TPSA) is 89.4 Å². The van der Waals surface area contributed by atoms with Gasteiger partial charge in [0.1, 0.15) is 13.2 Å². The Morgan fingerprint density at radius 3 is 2.40 bits per heavy atom. The van der Waals surface area contributed by atoms with Crippen LogP contribution in [0.3, 0.4) is 0 Å². The SMILES string of the molecule is O=C(C[NH+]1CCN(S(=O)(=O)c2ccc(Cl)cc2)CC1)Nc1ccc2c(c1)OCCO2. The molecule has 0 aliphatic carbocycles. The lowest BCUT2D eigenvalue weighted by molar-refractivity contribution is -0.895. The Morgan fingerprint density at radius 1 is 1.03 bits per heavy atom. The molecule has 2 aromatic rings. The fourth-order valence-corrected chi connectivity index (χ4v) is 5.10. The second-order valence-electron chi connectivity index (χ2n) is 7.19. The largest absolute Gasteiger partial charge is 0.486 e. The number of nitrogens with one attached hydrogen (secondary N) is 2. The molecule has 2 heterocycles. The normalized spacial score (nSPS) is 17.5. The van der Waals surface area contributed by atoms with E-state index in [1.807, 2.05) is 0 Å². The second-order valence-corrected chi connectivity index (χ2v) is 9.57. The van der Waals surface area contributed by atoms with Crippen LogP contribution in [0, 0.1) is 0 Å². The fourth-order valence-electron chi connectivity index (χ4n) is 3.53. The van der Waals surface area contributed by atoms with Crippen LogP contribution in [-0.4, -0.2) is 64.6 Å². The van der Waals surface area contributed by atoms with Crippen molar-refractivity contribution >= 4 is 33.2 Å². The lowest BCUT2D eigenvalue weighted by Gasteiger charge is -2.31. The minimum Gasteiger partial charge on any atom is -0.486 e. The number of piperazine rings is 1. The molecular formula is C20H23ClN3O5S+. The van der Waals surface area contributed by atoms with Gasteiger partial charge in [0.05, 0.1) is 31.1 Å². The number of halogens is 1. The fraction of sp³-hybridized carbons (Fsp3) is 0.350. The van der Waals surface area contributed by atoms with Crippen LogP contribution >= 0.6 is 11.6 Å². The number of hydrogen-bond acceptors (Lipinski definition) is 5. The van der Waals surface area contributed by atoms with Gasteiger partial charge < -0.3 is 19.7 Å². The predicted molar refractivity (Wildman–Crippen MR) is 112 cm³/mol. The van der Waals surface area contributed by atoms with Crippen molar-refractivity contribution in [3.63, 3.8) is 0 Å². The highest BCUT2D eigenvalue weighted by atomic mass is 35.5. The molecule has 0 spiro atoms. The maximum atomic E-state index is 12.8. The first-order valence-corrected chi connectivity index (χ1v) is 11.5. The summed E-state index contributed by atoms with van der Waals surface area (Å²) in [7, 11) is -3.55. The summed E-state index contributed by atoms with van der Waals surface area (Å²) in [5, 5.41) is 3.37. The highest BCUT2D eigenvalue weighted by Crippen LogP contribution is 2.32. The summed E-state index contributed by atoms with van der Waals surface area (Å²) in [5.41, 5.74) is 0.646. The van der Waals surface area contributed by atoms with Crippen LogP contribution in [0.25, 0.3) is 0 Å². The van der Waals surface area contributed by atoms with E-state index in [-0.39, 0.29) is 17.3 Å². The molecule has 2 aliphatic rings. The minimum absolute atomic E-state index is 0.129. The van der Waals surface area contributed by atoms with Crippen LogP contribution in [0.5, 0.6) is 11.5 Å². The van der Waals surface area contributed by atoms with Gasteiger partial charge in [0.2, 0.25) is 10.0 Å². The first-order valence-electron chi connectivity index (χ1n) is 9.70. The molecule has 0 bridgehead atoms. The quantitative estimate of drug-likeness (QED) is 0.695. The van der Waals surface area contributed by atoms with E-state index >= 15 is 0 Å². The molecule has 2 aromatic carbocycles. The highest BCUT2D eigenvalue weighted by molar-refractivity contribution is 7.89. The van der Waals surface area contributed by atoms with Crippen LogP contribution in [0.4, 0.5) is 5.69 Å². The lowest BCUT2D eigenvalue weighted by atomic mass is 10.2. The standard InChI is InChI=1S/C20H22ClN3O5S/c21-15-1-4-17(5-2-15)30(26,27)24-9-7-23(8-10-24)14-20(25)22-16-3-6-18-19(13-16)29-12-11-28-18/h1-6,13H,7-12,14H2,(H,22,25)/p+1. The molecule has 1 saturated heterocycles. The zero-order chi connectivity index (χ0) is 21.1. The number of hydrogen-bond donors (Lipinski definition) is 2. The maximum absolute atomic E-state index is 12.8. The van der Waals surface area contributed by atoms with Gasteiger partial charge in [-0.05, 0) is 36.4 Å². The number of carbonyl (C=O) groups is 1. The van der Waals surface area contributed by atoms with E-state index in [0.717, 1.165) is 4.90 Å². The lowest BCUT2D eigenvalue weighted by Crippen LogP contribution is -3.15. The van der Waals surface area contributed by atoms with E-state index in [9.17, 15) is 13.2 Å². The van der Waals surface area contributed by atoms with E-state index in [0.29, 0.717) is 61.6 Å². The van der Waals surface area contributed by atoms with Crippen molar-refractivity contribution in [1.29, 1.82) is 0 Å². The third-order valence-corrected chi connectivity index (χ3v) is 7.28. The van der Waals surface area contributed by atoms with Crippen LogP contribution in [0.2, 0.25) is 5.02 Å². The molecule has 160 valence electrons. The van der Waals surface area contributed by atoms with Crippen molar-refractivity contribution in [3.05, 3.63) is 47.5 Å². The van der Waals surface area contributed by atoms with Crippen molar-refractivity contribution in [3.8, 4) is 11.5 Å². The highest BCUT2D eigenvalue weighted by Gasteiger charge is 2.31. The maximum Gasteiger partial charge on any atom is 0.279 e. The van der Waals surface area contributed by atoms with Crippen LogP contribution in [-0.2, 0) is 14.8 Å². The molecule has 2 N–H and O–H groups in total. The van der Waals surface area contributed by atoms with E-state index < -0.39 is 10.0 Å². The minimum atomic E-state index is -3.55. The number of fused-ring (bicyclic) bond motifs is 1. The molecule has 30 heavy (non-hydrogen) atoms. The Hall–Kier alpha value is -2.33. The van der Waals surface area contributed by atoms with Crippen molar-refractivity contribution in [2.24, 2.45) is 0 Å². The van der Waals surface area contributed by atoms with Gasteiger partial charge in [0, 0.05) is 16.8 Å². The van der Waals surface area contributed by atoms with Gasteiger partial charge in [0.25, 0.3) is 5.91 Å². The van der Waals surface area contributed by atoms with Gasteiger partial charge >= 0.3 is 0 Å². The number of amides is 1. The number of quaternary nitrogens is 1. The molecule has 1 fully saturated rings. The molecule has 0 atom stereocenters. The van der Waals surface area contributed by atoms with E-state index in [2.05, 4.69) is 5.32 Å². The van der Waals surface area contributed by atoms with Crippen molar-refractivity contribution in [2.75, 3.05) is 51.3 Å². The van der Waals surface area contributed by atoms with Crippen LogP contribution < -0.4 is 19.7 Å². The third-order valence-electron chi connectivity index (χ3n) is 5.12. The number of carbonyl (C=O) groups excluding carboxylic acids is 1. The summed E-state index contributed by atoms with van der Waals surface area (Å²) < 4.78 is 38.0. The zero-order valence-corrected chi connectivity index (χ0v) is 17.8. The molecule has 0 aromatic heterocycles. The Balaban J connectivity index is 1.30. The number of sulfonamides is 1. The van der Waals surface area contributed by atoms with Crippen molar-refractivity contribution in [1.82, 2.24) is 4.31 Å². The van der Waals surface area contributed by atoms with Crippen molar-refractivity contribution in [2.45, 2.75) is 4.90 Å². The number of benzene rings is 2. The smallest absolute Gasteiger partial charge is 0.279 e. The summed E-state index contributed by atoms with van der Waals surface area (Å²) in [5.74, 6) is 1.16. The van der Waals surface area contributed by atoms with E-state index in [4.69, 9.17) is 21.1 Å². The number of rotatable bonds is 5. The summed E-state index contributed by atoms with van der Waals surface area (Å²) in [4.78, 5) is 13.7. The Kier molecular flexibility index (Phi) is 6.14. The Labute approximate surface area is 180 Å². The van der Waals surface area contributed by atoms with Gasteiger partial charge in [-0.15, -0.1) is 0 Å². The number of ether oxygens (including phenoxy) is 2. The third kappa shape index (κ3) is 4.70.